The van der Waals surface area contributed by atoms with E-state index < -0.39 is 10.0 Å². The van der Waals surface area contributed by atoms with Gasteiger partial charge < -0.3 is 4.90 Å². The van der Waals surface area contributed by atoms with E-state index in [-0.39, 0.29) is 10.1 Å². The molecule has 1 fully saturated rings. The molecule has 1 amide bonds. The maximum atomic E-state index is 12.8. The molecule has 2 heterocycles. The summed E-state index contributed by atoms with van der Waals surface area (Å²) in [6.45, 7) is 3.91. The minimum Gasteiger partial charge on any atom is -0.336 e. The van der Waals surface area contributed by atoms with E-state index in [0.717, 1.165) is 31.0 Å². The molecule has 0 saturated carbocycles. The van der Waals surface area contributed by atoms with Crippen LogP contribution >= 0.6 is 11.3 Å². The van der Waals surface area contributed by atoms with Crippen molar-refractivity contribution in [2.24, 2.45) is 0 Å². The van der Waals surface area contributed by atoms with Crippen molar-refractivity contribution in [3.05, 3.63) is 83.2 Å². The van der Waals surface area contributed by atoms with Gasteiger partial charge in [-0.15, -0.1) is 11.3 Å². The first kappa shape index (κ1) is 20.6. The maximum absolute atomic E-state index is 12.8. The lowest BCUT2D eigenvalue weighted by Gasteiger charge is -2.34. The van der Waals surface area contributed by atoms with Crippen molar-refractivity contribution in [3.8, 4) is 0 Å². The molecule has 8 heteroatoms. The SMILES string of the molecule is O=C(c1ccc(NS(=O)(=O)c2cccs2)cc1)N1CCN(Cc2ccccc2)CC1. The average molecular weight is 442 g/mol. The molecule has 1 aliphatic rings. The normalized spacial score (nSPS) is 15.1. The summed E-state index contributed by atoms with van der Waals surface area (Å²) >= 11 is 1.16. The number of nitrogens with one attached hydrogen (secondary N) is 1. The third-order valence-electron chi connectivity index (χ3n) is 5.05. The summed E-state index contributed by atoms with van der Waals surface area (Å²) in [7, 11) is -3.59. The van der Waals surface area contributed by atoms with Gasteiger partial charge in [0, 0.05) is 44.0 Å². The van der Waals surface area contributed by atoms with E-state index in [9.17, 15) is 13.2 Å². The topological polar surface area (TPSA) is 69.7 Å². The van der Waals surface area contributed by atoms with Gasteiger partial charge in [0.15, 0.2) is 0 Å². The molecule has 4 rings (SSSR count). The van der Waals surface area contributed by atoms with E-state index in [1.54, 1.807) is 41.8 Å². The van der Waals surface area contributed by atoms with Crippen LogP contribution in [0.25, 0.3) is 0 Å². The highest BCUT2D eigenvalue weighted by atomic mass is 32.2. The molecule has 1 aliphatic heterocycles. The van der Waals surface area contributed by atoms with Gasteiger partial charge in [-0.05, 0) is 41.3 Å². The lowest BCUT2D eigenvalue weighted by atomic mass is 10.1. The van der Waals surface area contributed by atoms with Gasteiger partial charge in [-0.1, -0.05) is 36.4 Å². The molecule has 1 saturated heterocycles. The number of amides is 1. The number of anilines is 1. The van der Waals surface area contributed by atoms with Gasteiger partial charge in [-0.25, -0.2) is 8.42 Å². The van der Waals surface area contributed by atoms with Gasteiger partial charge in [-0.3, -0.25) is 14.4 Å². The molecule has 3 aromatic rings. The number of piperazine rings is 1. The highest BCUT2D eigenvalue weighted by Gasteiger charge is 2.22. The summed E-state index contributed by atoms with van der Waals surface area (Å²) < 4.78 is 27.4. The predicted octanol–water partition coefficient (Wildman–Crippen LogP) is 3.51. The van der Waals surface area contributed by atoms with Gasteiger partial charge >= 0.3 is 0 Å². The average Bonchev–Trinajstić information content (AvgIpc) is 3.31. The first-order valence-corrected chi connectivity index (χ1v) is 12.1. The zero-order valence-electron chi connectivity index (χ0n) is 16.4. The van der Waals surface area contributed by atoms with E-state index in [0.29, 0.717) is 24.3 Å². The van der Waals surface area contributed by atoms with E-state index in [1.165, 1.54) is 5.56 Å². The second-order valence-electron chi connectivity index (χ2n) is 7.17. The Morgan fingerprint density at radius 2 is 1.60 bits per heavy atom. The Bertz CT molecular complexity index is 1070. The molecular weight excluding hydrogens is 418 g/mol. The number of benzene rings is 2. The minimum atomic E-state index is -3.59. The quantitative estimate of drug-likeness (QED) is 0.636. The third kappa shape index (κ3) is 4.89. The smallest absolute Gasteiger partial charge is 0.271 e. The number of carbonyl (C=O) groups is 1. The first-order valence-electron chi connectivity index (χ1n) is 9.73. The van der Waals surface area contributed by atoms with Crippen molar-refractivity contribution in [2.45, 2.75) is 10.8 Å². The van der Waals surface area contributed by atoms with Crippen molar-refractivity contribution < 1.29 is 13.2 Å². The Morgan fingerprint density at radius 3 is 2.23 bits per heavy atom. The largest absolute Gasteiger partial charge is 0.336 e. The number of sulfonamides is 1. The van der Waals surface area contributed by atoms with Crippen molar-refractivity contribution in [1.82, 2.24) is 9.80 Å². The number of carbonyl (C=O) groups excluding carboxylic acids is 1. The number of rotatable bonds is 6. The van der Waals surface area contributed by atoms with Crippen molar-refractivity contribution in [3.63, 3.8) is 0 Å². The van der Waals surface area contributed by atoms with Crippen LogP contribution in [0.1, 0.15) is 15.9 Å². The highest BCUT2D eigenvalue weighted by Crippen LogP contribution is 2.21. The molecule has 0 atom stereocenters. The summed E-state index contributed by atoms with van der Waals surface area (Å²) in [5, 5.41) is 1.72. The molecular formula is C22H23N3O3S2. The van der Waals surface area contributed by atoms with Gasteiger partial charge in [-0.2, -0.15) is 0 Å². The van der Waals surface area contributed by atoms with Gasteiger partial charge in [0.25, 0.3) is 15.9 Å². The highest BCUT2D eigenvalue weighted by molar-refractivity contribution is 7.94. The van der Waals surface area contributed by atoms with E-state index in [1.807, 2.05) is 23.1 Å². The number of hydrogen-bond donors (Lipinski definition) is 1. The predicted molar refractivity (Wildman–Crippen MR) is 119 cm³/mol. The Labute approximate surface area is 180 Å². The Balaban J connectivity index is 1.33. The van der Waals surface area contributed by atoms with E-state index in [4.69, 9.17) is 0 Å². The zero-order valence-corrected chi connectivity index (χ0v) is 18.0. The monoisotopic (exact) mass is 441 g/mol. The van der Waals surface area contributed by atoms with Gasteiger partial charge in [0.1, 0.15) is 4.21 Å². The van der Waals surface area contributed by atoms with E-state index >= 15 is 0 Å². The fraction of sp³-hybridized carbons (Fsp3) is 0.227. The number of thiophene rings is 1. The summed E-state index contributed by atoms with van der Waals surface area (Å²) in [6, 6.07) is 20.2. The van der Waals surface area contributed by atoms with Crippen LogP contribution < -0.4 is 4.72 Å². The molecule has 1 aromatic heterocycles. The van der Waals surface area contributed by atoms with Crippen molar-refractivity contribution >= 4 is 33.0 Å². The fourth-order valence-corrected chi connectivity index (χ4v) is 5.49. The second-order valence-corrected chi connectivity index (χ2v) is 10.0. The summed E-state index contributed by atoms with van der Waals surface area (Å²) in [5.41, 5.74) is 2.27. The standard InChI is InChI=1S/C22H23N3O3S2/c26-22(25-14-12-24(13-15-25)17-18-5-2-1-3-6-18)19-8-10-20(11-9-19)23-30(27,28)21-7-4-16-29-21/h1-11,16,23H,12-15,17H2. The van der Waals surface area contributed by atoms with E-state index in [2.05, 4.69) is 21.8 Å². The van der Waals surface area contributed by atoms with Crippen LogP contribution in [0.4, 0.5) is 5.69 Å². The molecule has 6 nitrogen and oxygen atoms in total. The summed E-state index contributed by atoms with van der Waals surface area (Å²) in [5.74, 6) is -0.0259. The second kappa shape index (κ2) is 8.99. The van der Waals surface area contributed by atoms with Crippen LogP contribution in [0.3, 0.4) is 0 Å². The van der Waals surface area contributed by atoms with Gasteiger partial charge in [0.05, 0.1) is 0 Å². The Hall–Kier alpha value is -2.68. The van der Waals surface area contributed by atoms with Crippen LogP contribution in [0.5, 0.6) is 0 Å². The summed E-state index contributed by atoms with van der Waals surface area (Å²) in [4.78, 5) is 17.0. The van der Waals surface area contributed by atoms with Crippen LogP contribution in [-0.4, -0.2) is 50.3 Å². The minimum absolute atomic E-state index is 0.0259. The molecule has 0 radical (unpaired) electrons. The lowest BCUT2D eigenvalue weighted by molar-refractivity contribution is 0.0628. The number of nitrogens with zero attached hydrogens (tertiary/aromatic N) is 2. The van der Waals surface area contributed by atoms with Crippen molar-refractivity contribution in [2.75, 3.05) is 30.9 Å². The molecule has 30 heavy (non-hydrogen) atoms. The fourth-order valence-electron chi connectivity index (χ4n) is 3.44. The number of hydrogen-bond acceptors (Lipinski definition) is 5. The van der Waals surface area contributed by atoms with Crippen LogP contribution in [0.2, 0.25) is 0 Å². The molecule has 2 aromatic carbocycles. The Kier molecular flexibility index (Phi) is 6.17. The maximum Gasteiger partial charge on any atom is 0.271 e. The first-order chi connectivity index (χ1) is 14.5. The van der Waals surface area contributed by atoms with Gasteiger partial charge in [0.2, 0.25) is 0 Å². The zero-order chi connectivity index (χ0) is 21.0. The molecule has 156 valence electrons. The van der Waals surface area contributed by atoms with Crippen LogP contribution in [-0.2, 0) is 16.6 Å². The summed E-state index contributed by atoms with van der Waals surface area (Å²) in [6.07, 6.45) is 0. The molecule has 0 spiro atoms. The molecule has 1 N–H and O–H groups in total. The molecule has 0 aliphatic carbocycles. The Morgan fingerprint density at radius 1 is 0.900 bits per heavy atom. The lowest BCUT2D eigenvalue weighted by Crippen LogP contribution is -2.48. The third-order valence-corrected chi connectivity index (χ3v) is 7.83. The van der Waals surface area contributed by atoms with Crippen molar-refractivity contribution in [1.29, 1.82) is 0 Å². The molecule has 0 unspecified atom stereocenters. The molecule has 0 bridgehead atoms. The van der Waals surface area contributed by atoms with Crippen LogP contribution in [0.15, 0.2) is 76.3 Å². The van der Waals surface area contributed by atoms with Crippen LogP contribution in [0, 0.1) is 0 Å².